The summed E-state index contributed by atoms with van der Waals surface area (Å²) in [6.07, 6.45) is 3.87. The van der Waals surface area contributed by atoms with Crippen molar-refractivity contribution >= 4 is 41.0 Å². The number of anilines is 2. The van der Waals surface area contributed by atoms with Gasteiger partial charge in [-0.05, 0) is 58.1 Å². The maximum atomic E-state index is 13.7. The molecular weight excluding hydrogens is 596 g/mol. The zero-order valence-corrected chi connectivity index (χ0v) is 25.3. The van der Waals surface area contributed by atoms with Gasteiger partial charge in [-0.25, -0.2) is 13.1 Å². The fourth-order valence-electron chi connectivity index (χ4n) is 5.97. The van der Waals surface area contributed by atoms with Crippen molar-refractivity contribution in [1.82, 2.24) is 14.0 Å². The number of hydrogen-bond donors (Lipinski definition) is 3. The minimum Gasteiger partial charge on any atom is -0.384 e. The lowest BCUT2D eigenvalue weighted by atomic mass is 9.92. The number of fused-ring (bicyclic) bond motifs is 1. The fraction of sp³-hybridized carbons (Fsp3) is 0.355. The molecule has 6 rings (SSSR count). The summed E-state index contributed by atoms with van der Waals surface area (Å²) in [6.45, 7) is 4.52. The first-order valence-corrected chi connectivity index (χ1v) is 15.4. The first-order valence-electron chi connectivity index (χ1n) is 14.3. The van der Waals surface area contributed by atoms with Gasteiger partial charge in [0.25, 0.3) is 5.91 Å². The molecule has 1 saturated heterocycles. The van der Waals surface area contributed by atoms with Crippen LogP contribution in [0.3, 0.4) is 0 Å². The van der Waals surface area contributed by atoms with Crippen LogP contribution in [0.2, 0.25) is 5.02 Å². The highest BCUT2D eigenvalue weighted by Crippen LogP contribution is 2.43. The zero-order chi connectivity index (χ0) is 30.3. The predicted octanol–water partition coefficient (Wildman–Crippen LogP) is 7.40. The van der Waals surface area contributed by atoms with E-state index in [1.807, 2.05) is 34.9 Å². The molecule has 3 N–H and O–H groups in total. The second kappa shape index (κ2) is 12.0. The molecule has 2 aromatic carbocycles. The number of aromatic nitrogens is 2. The van der Waals surface area contributed by atoms with Crippen LogP contribution >= 0.6 is 23.7 Å². The molecule has 3 unspecified atom stereocenters. The van der Waals surface area contributed by atoms with E-state index < -0.39 is 23.1 Å². The summed E-state index contributed by atoms with van der Waals surface area (Å²) in [4.78, 5) is 13.2. The van der Waals surface area contributed by atoms with Crippen molar-refractivity contribution in [2.45, 2.75) is 70.2 Å². The summed E-state index contributed by atoms with van der Waals surface area (Å²) in [5, 5.41) is 18.6. The maximum absolute atomic E-state index is 13.7. The SMILES string of the molecule is CC1CCC(CC(C)(O)c2cc(-c3ccccc3)on2)N1SNc1c(Cl)c(C(=O)Nc2ccc(F)c(F)c2)n2c1CCC2. The molecule has 2 aromatic heterocycles. The highest BCUT2D eigenvalue weighted by Gasteiger charge is 2.39. The second-order valence-electron chi connectivity index (χ2n) is 11.4. The van der Waals surface area contributed by atoms with E-state index in [2.05, 4.69) is 26.4 Å². The zero-order valence-electron chi connectivity index (χ0n) is 23.7. The van der Waals surface area contributed by atoms with E-state index in [1.165, 1.54) is 18.2 Å². The lowest BCUT2D eigenvalue weighted by Crippen LogP contribution is -2.36. The molecule has 0 saturated carbocycles. The van der Waals surface area contributed by atoms with Gasteiger partial charge in [0.2, 0.25) is 0 Å². The van der Waals surface area contributed by atoms with Gasteiger partial charge in [0.15, 0.2) is 17.4 Å². The Kier molecular flexibility index (Phi) is 8.25. The van der Waals surface area contributed by atoms with E-state index in [4.69, 9.17) is 16.1 Å². The Morgan fingerprint density at radius 2 is 1.98 bits per heavy atom. The second-order valence-corrected chi connectivity index (χ2v) is 12.6. The topological polar surface area (TPSA) is 95.6 Å². The number of nitrogens with zero attached hydrogens (tertiary/aromatic N) is 3. The molecule has 1 amide bonds. The maximum Gasteiger partial charge on any atom is 0.273 e. The molecule has 0 bridgehead atoms. The lowest BCUT2D eigenvalue weighted by Gasteiger charge is -2.31. The number of carbonyl (C=O) groups excluding carboxylic acids is 1. The Hall–Kier alpha value is -3.38. The molecule has 0 spiro atoms. The van der Waals surface area contributed by atoms with Gasteiger partial charge in [-0.3, -0.25) is 4.79 Å². The number of hydrogen-bond acceptors (Lipinski definition) is 7. The van der Waals surface area contributed by atoms with Crippen LogP contribution in [0.15, 0.2) is 59.1 Å². The predicted molar refractivity (Wildman–Crippen MR) is 164 cm³/mol. The minimum atomic E-state index is -1.22. The summed E-state index contributed by atoms with van der Waals surface area (Å²) >= 11 is 8.21. The molecule has 12 heteroatoms. The average Bonchev–Trinajstić information content (AvgIpc) is 3.77. The minimum absolute atomic E-state index is 0.0324. The van der Waals surface area contributed by atoms with Crippen molar-refractivity contribution in [2.24, 2.45) is 0 Å². The van der Waals surface area contributed by atoms with Crippen LogP contribution in [-0.2, 0) is 18.6 Å². The average molecular weight is 628 g/mol. The molecule has 226 valence electrons. The number of amides is 1. The van der Waals surface area contributed by atoms with Crippen LogP contribution in [0.4, 0.5) is 20.2 Å². The molecule has 43 heavy (non-hydrogen) atoms. The standard InChI is InChI=1S/C31H32ClF2N5O3S/c1-18-10-12-21(17-31(2,41)26-16-25(42-36-26)19-7-4-3-5-8-19)39(18)43-37-28-24-9-6-14-38(24)29(27(28)32)30(40)35-20-11-13-22(33)23(34)15-20/h3-5,7-8,11,13,15-16,18,21,37,41H,6,9-10,12,14,17H2,1-2H3,(H,35,40). The van der Waals surface area contributed by atoms with Crippen LogP contribution < -0.4 is 10.0 Å². The van der Waals surface area contributed by atoms with Gasteiger partial charge in [-0.1, -0.05) is 47.1 Å². The van der Waals surface area contributed by atoms with Crippen LogP contribution in [0.1, 0.15) is 61.4 Å². The molecular formula is C31H32ClF2N5O3S. The molecule has 2 aliphatic heterocycles. The Morgan fingerprint density at radius 1 is 1.19 bits per heavy atom. The van der Waals surface area contributed by atoms with Crippen molar-refractivity contribution in [2.75, 3.05) is 10.0 Å². The summed E-state index contributed by atoms with van der Waals surface area (Å²) in [6, 6.07) is 14.9. The van der Waals surface area contributed by atoms with Crippen molar-refractivity contribution in [1.29, 1.82) is 0 Å². The highest BCUT2D eigenvalue weighted by molar-refractivity contribution is 7.98. The van der Waals surface area contributed by atoms with E-state index in [9.17, 15) is 18.7 Å². The quantitative estimate of drug-likeness (QED) is 0.166. The molecule has 2 aliphatic rings. The summed E-state index contributed by atoms with van der Waals surface area (Å²) in [5.74, 6) is -1.93. The first kappa shape index (κ1) is 29.7. The normalized spacial score (nSPS) is 19.8. The van der Waals surface area contributed by atoms with Gasteiger partial charge in [0.1, 0.15) is 17.0 Å². The van der Waals surface area contributed by atoms with E-state index in [0.717, 1.165) is 49.1 Å². The number of halogens is 3. The Bertz CT molecular complexity index is 1640. The molecule has 3 atom stereocenters. The number of carbonyl (C=O) groups is 1. The molecule has 8 nitrogen and oxygen atoms in total. The fourth-order valence-corrected chi connectivity index (χ4v) is 7.40. The van der Waals surface area contributed by atoms with Crippen LogP contribution in [-0.4, -0.2) is 37.1 Å². The number of nitrogens with one attached hydrogen (secondary N) is 2. The first-order chi connectivity index (χ1) is 20.6. The number of aliphatic hydroxyl groups is 1. The largest absolute Gasteiger partial charge is 0.384 e. The van der Waals surface area contributed by atoms with Crippen molar-refractivity contribution in [3.8, 4) is 11.3 Å². The van der Waals surface area contributed by atoms with Gasteiger partial charge >= 0.3 is 0 Å². The van der Waals surface area contributed by atoms with Crippen molar-refractivity contribution in [3.05, 3.63) is 88.3 Å². The monoisotopic (exact) mass is 627 g/mol. The molecule has 4 aromatic rings. The van der Waals surface area contributed by atoms with E-state index in [0.29, 0.717) is 30.1 Å². The molecule has 4 heterocycles. The molecule has 0 aliphatic carbocycles. The van der Waals surface area contributed by atoms with Crippen LogP contribution in [0.5, 0.6) is 0 Å². The van der Waals surface area contributed by atoms with Gasteiger partial charge in [0, 0.05) is 59.8 Å². The summed E-state index contributed by atoms with van der Waals surface area (Å²) in [7, 11) is 0. The van der Waals surface area contributed by atoms with Gasteiger partial charge in [0.05, 0.1) is 10.7 Å². The highest BCUT2D eigenvalue weighted by atomic mass is 35.5. The van der Waals surface area contributed by atoms with E-state index in [1.54, 1.807) is 13.0 Å². The van der Waals surface area contributed by atoms with E-state index >= 15 is 0 Å². The van der Waals surface area contributed by atoms with Crippen LogP contribution in [0, 0.1) is 11.6 Å². The summed E-state index contributed by atoms with van der Waals surface area (Å²) < 4.78 is 40.2. The van der Waals surface area contributed by atoms with E-state index in [-0.39, 0.29) is 28.5 Å². The van der Waals surface area contributed by atoms with Gasteiger partial charge in [-0.2, -0.15) is 0 Å². The van der Waals surface area contributed by atoms with Gasteiger partial charge < -0.3 is 24.2 Å². The third-order valence-corrected chi connectivity index (χ3v) is 9.75. The molecule has 0 radical (unpaired) electrons. The Labute approximate surface area is 257 Å². The lowest BCUT2D eigenvalue weighted by molar-refractivity contribution is 0.0238. The number of rotatable bonds is 9. The van der Waals surface area contributed by atoms with Gasteiger partial charge in [-0.15, -0.1) is 0 Å². The number of benzene rings is 2. The van der Waals surface area contributed by atoms with Crippen LogP contribution in [0.25, 0.3) is 11.3 Å². The Balaban J connectivity index is 1.17. The third kappa shape index (κ3) is 5.91. The van der Waals surface area contributed by atoms with Crippen molar-refractivity contribution in [3.63, 3.8) is 0 Å². The Morgan fingerprint density at radius 3 is 2.74 bits per heavy atom. The van der Waals surface area contributed by atoms with Crippen molar-refractivity contribution < 1.29 is 23.2 Å². The molecule has 1 fully saturated rings. The third-order valence-electron chi connectivity index (χ3n) is 8.22. The summed E-state index contributed by atoms with van der Waals surface area (Å²) in [5.41, 5.74) is 2.14. The smallest absolute Gasteiger partial charge is 0.273 e.